The fourth-order valence-corrected chi connectivity index (χ4v) is 2.76. The smallest absolute Gasteiger partial charge is 0.241 e. The molecule has 0 aliphatic rings. The largest absolute Gasteiger partial charge is 0.352 e. The zero-order chi connectivity index (χ0) is 13.7. The predicted molar refractivity (Wildman–Crippen MR) is 79.0 cm³/mol. The Morgan fingerprint density at radius 2 is 2.00 bits per heavy atom. The van der Waals surface area contributed by atoms with Gasteiger partial charge in [0.05, 0.1) is 0 Å². The van der Waals surface area contributed by atoms with E-state index in [0.29, 0.717) is 0 Å². The summed E-state index contributed by atoms with van der Waals surface area (Å²) in [7, 11) is 0. The SMILES string of the molecule is CC(Cc1cccs1)NC(=O)[C@@H](N)c1ccccc1. The van der Waals surface area contributed by atoms with Gasteiger partial charge in [0.1, 0.15) is 6.04 Å². The average molecular weight is 274 g/mol. The van der Waals surface area contributed by atoms with E-state index in [1.54, 1.807) is 11.3 Å². The van der Waals surface area contributed by atoms with Crippen molar-refractivity contribution in [2.24, 2.45) is 5.73 Å². The second kappa shape index (κ2) is 6.50. The molecule has 0 fully saturated rings. The summed E-state index contributed by atoms with van der Waals surface area (Å²) >= 11 is 1.70. The average Bonchev–Trinajstić information content (AvgIpc) is 2.91. The van der Waals surface area contributed by atoms with Gasteiger partial charge in [-0.1, -0.05) is 36.4 Å². The second-order valence-corrected chi connectivity index (χ2v) is 5.61. The summed E-state index contributed by atoms with van der Waals surface area (Å²) < 4.78 is 0. The maximum absolute atomic E-state index is 12.0. The third kappa shape index (κ3) is 3.91. The van der Waals surface area contributed by atoms with E-state index < -0.39 is 6.04 Å². The van der Waals surface area contributed by atoms with E-state index in [-0.39, 0.29) is 11.9 Å². The third-order valence-electron chi connectivity index (χ3n) is 2.92. The molecule has 3 N–H and O–H groups in total. The lowest BCUT2D eigenvalue weighted by molar-refractivity contribution is -0.123. The first-order valence-corrected chi connectivity index (χ1v) is 7.18. The fraction of sp³-hybridized carbons (Fsp3) is 0.267. The summed E-state index contributed by atoms with van der Waals surface area (Å²) in [5.41, 5.74) is 6.79. The summed E-state index contributed by atoms with van der Waals surface area (Å²) in [6, 6.07) is 13.0. The van der Waals surface area contributed by atoms with Crippen molar-refractivity contribution in [1.29, 1.82) is 0 Å². The number of rotatable bonds is 5. The van der Waals surface area contributed by atoms with E-state index in [9.17, 15) is 4.79 Å². The zero-order valence-electron chi connectivity index (χ0n) is 10.9. The van der Waals surface area contributed by atoms with E-state index in [0.717, 1.165) is 12.0 Å². The minimum Gasteiger partial charge on any atom is -0.352 e. The van der Waals surface area contributed by atoms with Crippen LogP contribution >= 0.6 is 11.3 Å². The minimum absolute atomic E-state index is 0.0842. The van der Waals surface area contributed by atoms with Crippen LogP contribution in [0, 0.1) is 0 Å². The van der Waals surface area contributed by atoms with E-state index in [4.69, 9.17) is 5.73 Å². The molecule has 0 bridgehead atoms. The van der Waals surface area contributed by atoms with Gasteiger partial charge in [0.2, 0.25) is 5.91 Å². The van der Waals surface area contributed by atoms with Crippen molar-refractivity contribution in [3.05, 3.63) is 58.3 Å². The van der Waals surface area contributed by atoms with Gasteiger partial charge in [-0.25, -0.2) is 0 Å². The van der Waals surface area contributed by atoms with Crippen molar-refractivity contribution < 1.29 is 4.79 Å². The van der Waals surface area contributed by atoms with Gasteiger partial charge in [-0.15, -0.1) is 11.3 Å². The number of carbonyl (C=O) groups excluding carboxylic acids is 1. The van der Waals surface area contributed by atoms with Crippen molar-refractivity contribution in [2.45, 2.75) is 25.4 Å². The summed E-state index contributed by atoms with van der Waals surface area (Å²) in [6.07, 6.45) is 0.838. The Kier molecular flexibility index (Phi) is 4.71. The lowest BCUT2D eigenvalue weighted by Crippen LogP contribution is -2.40. The van der Waals surface area contributed by atoms with E-state index in [2.05, 4.69) is 11.4 Å². The number of benzene rings is 1. The first-order chi connectivity index (χ1) is 9.16. The van der Waals surface area contributed by atoms with Crippen molar-refractivity contribution in [2.75, 3.05) is 0 Å². The molecule has 0 saturated heterocycles. The van der Waals surface area contributed by atoms with Crippen LogP contribution in [0.5, 0.6) is 0 Å². The van der Waals surface area contributed by atoms with Crippen LogP contribution in [0.1, 0.15) is 23.4 Å². The molecule has 0 aliphatic heterocycles. The topological polar surface area (TPSA) is 55.1 Å². The summed E-state index contributed by atoms with van der Waals surface area (Å²) in [6.45, 7) is 2.00. The molecule has 1 aromatic carbocycles. The molecule has 3 nitrogen and oxygen atoms in total. The highest BCUT2D eigenvalue weighted by Crippen LogP contribution is 2.13. The molecule has 1 unspecified atom stereocenters. The molecule has 2 aromatic rings. The van der Waals surface area contributed by atoms with E-state index >= 15 is 0 Å². The minimum atomic E-state index is -0.605. The maximum atomic E-state index is 12.0. The van der Waals surface area contributed by atoms with Crippen LogP contribution in [-0.4, -0.2) is 11.9 Å². The first kappa shape index (κ1) is 13.8. The van der Waals surface area contributed by atoms with Gasteiger partial charge in [0.15, 0.2) is 0 Å². The molecular weight excluding hydrogens is 256 g/mol. The lowest BCUT2D eigenvalue weighted by atomic mass is 10.1. The zero-order valence-corrected chi connectivity index (χ0v) is 11.7. The summed E-state index contributed by atoms with van der Waals surface area (Å²) in [5.74, 6) is -0.129. The Bertz CT molecular complexity index is 510. The molecular formula is C15H18N2OS. The van der Waals surface area contributed by atoms with Crippen molar-refractivity contribution in [3.63, 3.8) is 0 Å². The number of amides is 1. The Morgan fingerprint density at radius 3 is 2.63 bits per heavy atom. The predicted octanol–water partition coefficient (Wildman–Crippen LogP) is 2.50. The Morgan fingerprint density at radius 1 is 1.26 bits per heavy atom. The molecule has 100 valence electrons. The number of hydrogen-bond acceptors (Lipinski definition) is 3. The van der Waals surface area contributed by atoms with Gasteiger partial charge in [0.25, 0.3) is 0 Å². The second-order valence-electron chi connectivity index (χ2n) is 4.58. The van der Waals surface area contributed by atoms with Crippen LogP contribution in [0.3, 0.4) is 0 Å². The summed E-state index contributed by atoms with van der Waals surface area (Å²) in [5, 5.41) is 5.00. The Labute approximate surface area is 117 Å². The molecule has 0 radical (unpaired) electrons. The van der Waals surface area contributed by atoms with Gasteiger partial charge in [0, 0.05) is 17.3 Å². The van der Waals surface area contributed by atoms with Gasteiger partial charge in [-0.05, 0) is 23.9 Å². The molecule has 2 rings (SSSR count). The number of nitrogens with one attached hydrogen (secondary N) is 1. The number of carbonyl (C=O) groups is 1. The molecule has 2 atom stereocenters. The van der Waals surface area contributed by atoms with E-state index in [1.165, 1.54) is 4.88 Å². The molecule has 1 heterocycles. The van der Waals surface area contributed by atoms with Crippen molar-refractivity contribution in [1.82, 2.24) is 5.32 Å². The Hall–Kier alpha value is -1.65. The van der Waals surface area contributed by atoms with Gasteiger partial charge in [-0.2, -0.15) is 0 Å². The first-order valence-electron chi connectivity index (χ1n) is 6.30. The number of nitrogens with two attached hydrogens (primary N) is 1. The normalized spacial score (nSPS) is 13.8. The molecule has 4 heteroatoms. The maximum Gasteiger partial charge on any atom is 0.241 e. The van der Waals surface area contributed by atoms with Crippen LogP contribution < -0.4 is 11.1 Å². The molecule has 1 amide bonds. The van der Waals surface area contributed by atoms with Gasteiger partial charge >= 0.3 is 0 Å². The fourth-order valence-electron chi connectivity index (χ4n) is 1.93. The van der Waals surface area contributed by atoms with E-state index in [1.807, 2.05) is 48.7 Å². The van der Waals surface area contributed by atoms with Gasteiger partial charge in [-0.3, -0.25) is 4.79 Å². The van der Waals surface area contributed by atoms with Crippen molar-refractivity contribution >= 4 is 17.2 Å². The van der Waals surface area contributed by atoms with Crippen molar-refractivity contribution in [3.8, 4) is 0 Å². The molecule has 19 heavy (non-hydrogen) atoms. The Balaban J connectivity index is 1.90. The third-order valence-corrected chi connectivity index (χ3v) is 3.82. The van der Waals surface area contributed by atoms with Crippen LogP contribution in [0.25, 0.3) is 0 Å². The standard InChI is InChI=1S/C15H18N2OS/c1-11(10-13-8-5-9-19-13)17-15(18)14(16)12-6-3-2-4-7-12/h2-9,11,14H,10,16H2,1H3,(H,17,18)/t11?,14-/m0/s1. The number of thiophene rings is 1. The van der Waals surface area contributed by atoms with Crippen LogP contribution in [0.2, 0.25) is 0 Å². The lowest BCUT2D eigenvalue weighted by Gasteiger charge is -2.17. The molecule has 1 aromatic heterocycles. The van der Waals surface area contributed by atoms with Crippen LogP contribution in [0.4, 0.5) is 0 Å². The van der Waals surface area contributed by atoms with Crippen LogP contribution in [-0.2, 0) is 11.2 Å². The van der Waals surface area contributed by atoms with Gasteiger partial charge < -0.3 is 11.1 Å². The number of hydrogen-bond donors (Lipinski definition) is 2. The quantitative estimate of drug-likeness (QED) is 0.880. The van der Waals surface area contributed by atoms with Crippen LogP contribution in [0.15, 0.2) is 47.8 Å². The summed E-state index contributed by atoms with van der Waals surface area (Å²) in [4.78, 5) is 13.3. The monoisotopic (exact) mass is 274 g/mol. The highest BCUT2D eigenvalue weighted by molar-refractivity contribution is 7.09. The highest BCUT2D eigenvalue weighted by atomic mass is 32.1. The highest BCUT2D eigenvalue weighted by Gasteiger charge is 2.17. The molecule has 0 aliphatic carbocycles. The molecule has 0 saturated carbocycles. The molecule has 0 spiro atoms.